The number of para-hydroxylation sites is 1. The molecular formula is C26H29N3O6. The minimum atomic E-state index is -1.11. The molecule has 1 N–H and O–H groups in total. The molecule has 0 bridgehead atoms. The number of nitrogens with zero attached hydrogens (tertiary/aromatic N) is 3. The molecule has 1 saturated heterocycles. The fourth-order valence-electron chi connectivity index (χ4n) is 4.62. The molecule has 3 aliphatic rings. The summed E-state index contributed by atoms with van der Waals surface area (Å²) in [6.07, 6.45) is 0.977. The summed E-state index contributed by atoms with van der Waals surface area (Å²) >= 11 is 0. The first-order valence-electron chi connectivity index (χ1n) is 11.9. The molecule has 0 radical (unpaired) electrons. The molecule has 0 aliphatic carbocycles. The summed E-state index contributed by atoms with van der Waals surface area (Å²) in [4.78, 5) is 34.9. The van der Waals surface area contributed by atoms with Crippen molar-refractivity contribution in [2.24, 2.45) is 4.99 Å². The Kier molecular flexibility index (Phi) is 6.70. The van der Waals surface area contributed by atoms with Gasteiger partial charge in [0.2, 0.25) is 11.8 Å². The maximum absolute atomic E-state index is 13.8. The van der Waals surface area contributed by atoms with Crippen molar-refractivity contribution in [2.45, 2.75) is 18.4 Å². The highest BCUT2D eigenvalue weighted by Crippen LogP contribution is 2.38. The van der Waals surface area contributed by atoms with E-state index in [1.807, 2.05) is 48.5 Å². The Labute approximate surface area is 203 Å². The highest BCUT2D eigenvalue weighted by atomic mass is 16.5. The summed E-state index contributed by atoms with van der Waals surface area (Å²) in [5.74, 6) is 0.759. The van der Waals surface area contributed by atoms with E-state index in [4.69, 9.17) is 24.3 Å². The Hall–Kier alpha value is -3.43. The van der Waals surface area contributed by atoms with Crippen LogP contribution in [0.2, 0.25) is 0 Å². The first-order chi connectivity index (χ1) is 17.1. The first-order valence-corrected chi connectivity index (χ1v) is 11.9. The van der Waals surface area contributed by atoms with Gasteiger partial charge < -0.3 is 29.1 Å². The number of amides is 2. The Morgan fingerprint density at radius 2 is 1.89 bits per heavy atom. The Bertz CT molecular complexity index is 1110. The van der Waals surface area contributed by atoms with Gasteiger partial charge in [-0.15, -0.1) is 0 Å². The highest BCUT2D eigenvalue weighted by Gasteiger charge is 2.51. The highest BCUT2D eigenvalue weighted by molar-refractivity contribution is 6.09. The average Bonchev–Trinajstić information content (AvgIpc) is 3.32. The van der Waals surface area contributed by atoms with Crippen LogP contribution in [-0.2, 0) is 25.5 Å². The summed E-state index contributed by atoms with van der Waals surface area (Å²) < 4.78 is 16.9. The number of aliphatic imine (C=N–C) groups is 1. The lowest BCUT2D eigenvalue weighted by Crippen LogP contribution is -2.57. The second-order valence-electron chi connectivity index (χ2n) is 8.88. The third-order valence-corrected chi connectivity index (χ3v) is 6.50. The first kappa shape index (κ1) is 23.3. The van der Waals surface area contributed by atoms with E-state index in [-0.39, 0.29) is 31.6 Å². The van der Waals surface area contributed by atoms with Crippen LogP contribution >= 0.6 is 0 Å². The number of carbonyl (C=O) groups is 2. The van der Waals surface area contributed by atoms with E-state index in [0.29, 0.717) is 57.4 Å². The third-order valence-electron chi connectivity index (χ3n) is 6.50. The van der Waals surface area contributed by atoms with Crippen LogP contribution in [0.3, 0.4) is 0 Å². The van der Waals surface area contributed by atoms with E-state index >= 15 is 0 Å². The largest absolute Gasteiger partial charge is 0.494 e. The van der Waals surface area contributed by atoms with Gasteiger partial charge in [0.05, 0.1) is 19.8 Å². The van der Waals surface area contributed by atoms with Crippen LogP contribution in [0.1, 0.15) is 17.5 Å². The second kappa shape index (κ2) is 10.1. The minimum absolute atomic E-state index is 0.0394. The third kappa shape index (κ3) is 4.74. The quantitative estimate of drug-likeness (QED) is 0.603. The molecule has 184 valence electrons. The number of hydrogen-bond donors (Lipinski definition) is 1. The van der Waals surface area contributed by atoms with Crippen molar-refractivity contribution in [3.63, 3.8) is 0 Å². The number of ether oxygens (including phenoxy) is 3. The van der Waals surface area contributed by atoms with Crippen LogP contribution in [0.25, 0.3) is 0 Å². The maximum Gasteiger partial charge on any atom is 0.259 e. The van der Waals surface area contributed by atoms with E-state index in [0.717, 1.165) is 16.8 Å². The summed E-state index contributed by atoms with van der Waals surface area (Å²) in [6.45, 7) is 2.66. The van der Waals surface area contributed by atoms with Crippen molar-refractivity contribution in [3.8, 4) is 5.75 Å². The van der Waals surface area contributed by atoms with Crippen molar-refractivity contribution >= 4 is 23.4 Å². The van der Waals surface area contributed by atoms with Gasteiger partial charge in [-0.3, -0.25) is 9.59 Å². The molecule has 0 unspecified atom stereocenters. The van der Waals surface area contributed by atoms with E-state index < -0.39 is 5.54 Å². The number of rotatable bonds is 7. The molecule has 1 spiro atoms. The SMILES string of the molecule is O=C(CN1C(=O)[C@@]2(COC(c3ccc(OCCCO)cc3)=N2)Cc2ccccc21)N1CCOCC1. The van der Waals surface area contributed by atoms with Crippen LogP contribution in [-0.4, -0.2) is 85.9 Å². The summed E-state index contributed by atoms with van der Waals surface area (Å²) in [5, 5.41) is 8.90. The topological polar surface area (TPSA) is 101 Å². The van der Waals surface area contributed by atoms with E-state index in [9.17, 15) is 9.59 Å². The maximum atomic E-state index is 13.8. The van der Waals surface area contributed by atoms with Crippen LogP contribution in [0, 0.1) is 0 Å². The average molecular weight is 480 g/mol. The van der Waals surface area contributed by atoms with Crippen molar-refractivity contribution in [3.05, 3.63) is 59.7 Å². The molecule has 3 aliphatic heterocycles. The normalized spacial score (nSPS) is 21.5. The minimum Gasteiger partial charge on any atom is -0.494 e. The predicted octanol–water partition coefficient (Wildman–Crippen LogP) is 1.41. The molecular weight excluding hydrogens is 450 g/mol. The van der Waals surface area contributed by atoms with Crippen LogP contribution < -0.4 is 9.64 Å². The fraction of sp³-hybridized carbons (Fsp3) is 0.423. The number of aliphatic hydroxyl groups is 1. The number of carbonyl (C=O) groups excluding carboxylic acids is 2. The van der Waals surface area contributed by atoms with Crippen molar-refractivity contribution in [2.75, 3.05) is 57.6 Å². The molecule has 9 nitrogen and oxygen atoms in total. The second-order valence-corrected chi connectivity index (χ2v) is 8.88. The lowest BCUT2D eigenvalue weighted by Gasteiger charge is -2.38. The zero-order valence-electron chi connectivity index (χ0n) is 19.5. The molecule has 1 atom stereocenters. The molecule has 2 amide bonds. The number of aliphatic hydroxyl groups excluding tert-OH is 1. The lowest BCUT2D eigenvalue weighted by atomic mass is 9.85. The summed E-state index contributed by atoms with van der Waals surface area (Å²) in [7, 11) is 0. The standard InChI is InChI=1S/C26H29N3O6/c30-12-3-13-34-21-8-6-19(7-9-21)24-27-26(18-35-24)16-20-4-1-2-5-22(20)29(25(26)32)17-23(31)28-10-14-33-15-11-28/h1-2,4-9,30H,3,10-18H2/t26-/m0/s1. The summed E-state index contributed by atoms with van der Waals surface area (Å²) in [6, 6.07) is 15.0. The fourth-order valence-corrected chi connectivity index (χ4v) is 4.62. The van der Waals surface area contributed by atoms with Gasteiger partial charge >= 0.3 is 0 Å². The van der Waals surface area contributed by atoms with Crippen molar-refractivity contribution in [1.82, 2.24) is 4.90 Å². The smallest absolute Gasteiger partial charge is 0.259 e. The molecule has 0 aromatic heterocycles. The number of anilines is 1. The number of hydrogen-bond acceptors (Lipinski definition) is 7. The number of morpholine rings is 1. The monoisotopic (exact) mass is 479 g/mol. The van der Waals surface area contributed by atoms with Gasteiger partial charge in [-0.25, -0.2) is 4.99 Å². The van der Waals surface area contributed by atoms with Gasteiger partial charge in [0.15, 0.2) is 5.54 Å². The van der Waals surface area contributed by atoms with E-state index in [2.05, 4.69) is 0 Å². The Balaban J connectivity index is 1.38. The lowest BCUT2D eigenvalue weighted by molar-refractivity contribution is -0.135. The zero-order valence-corrected chi connectivity index (χ0v) is 19.5. The van der Waals surface area contributed by atoms with Crippen molar-refractivity contribution < 1.29 is 28.9 Å². The predicted molar refractivity (Wildman–Crippen MR) is 129 cm³/mol. The zero-order chi connectivity index (χ0) is 24.3. The molecule has 2 aromatic rings. The Morgan fingerprint density at radius 1 is 1.11 bits per heavy atom. The molecule has 3 heterocycles. The van der Waals surface area contributed by atoms with Gasteiger partial charge in [0.1, 0.15) is 18.9 Å². The molecule has 5 rings (SSSR count). The van der Waals surface area contributed by atoms with Gasteiger partial charge in [-0.2, -0.15) is 0 Å². The Morgan fingerprint density at radius 3 is 2.66 bits per heavy atom. The van der Waals surface area contributed by atoms with Gasteiger partial charge in [-0.1, -0.05) is 18.2 Å². The molecule has 9 heteroatoms. The van der Waals surface area contributed by atoms with E-state index in [1.165, 1.54) is 0 Å². The van der Waals surface area contributed by atoms with Crippen LogP contribution in [0.15, 0.2) is 53.5 Å². The number of fused-ring (bicyclic) bond motifs is 1. The van der Waals surface area contributed by atoms with Crippen LogP contribution in [0.4, 0.5) is 5.69 Å². The van der Waals surface area contributed by atoms with Gasteiger partial charge in [0.25, 0.3) is 5.91 Å². The van der Waals surface area contributed by atoms with E-state index in [1.54, 1.807) is 9.80 Å². The molecule has 1 fully saturated rings. The summed E-state index contributed by atoms with van der Waals surface area (Å²) in [5.41, 5.74) is 1.35. The molecule has 2 aromatic carbocycles. The molecule has 0 saturated carbocycles. The van der Waals surface area contributed by atoms with Gasteiger partial charge in [-0.05, 0) is 35.9 Å². The van der Waals surface area contributed by atoms with Crippen LogP contribution in [0.5, 0.6) is 5.75 Å². The van der Waals surface area contributed by atoms with Gasteiger partial charge in [0, 0.05) is 43.8 Å². The number of benzene rings is 2. The van der Waals surface area contributed by atoms with Crippen molar-refractivity contribution in [1.29, 1.82) is 0 Å². The molecule has 35 heavy (non-hydrogen) atoms.